The maximum atomic E-state index is 6.02. The third kappa shape index (κ3) is 3.30. The highest BCUT2D eigenvalue weighted by atomic mass is 15.1. The molecule has 0 bridgehead atoms. The lowest BCUT2D eigenvalue weighted by Gasteiger charge is -2.33. The second-order valence-electron chi connectivity index (χ2n) is 5.54. The Kier molecular flexibility index (Phi) is 4.72. The van der Waals surface area contributed by atoms with Crippen LogP contribution in [0.2, 0.25) is 0 Å². The van der Waals surface area contributed by atoms with Crippen molar-refractivity contribution in [2.24, 2.45) is 11.1 Å². The van der Waals surface area contributed by atoms with Crippen LogP contribution in [-0.2, 0) is 6.54 Å². The summed E-state index contributed by atoms with van der Waals surface area (Å²) in [6.07, 6.45) is 7.15. The van der Waals surface area contributed by atoms with E-state index < -0.39 is 0 Å². The Morgan fingerprint density at radius 1 is 1.33 bits per heavy atom. The number of aromatic nitrogens is 1. The molecule has 0 radical (unpaired) electrons. The van der Waals surface area contributed by atoms with Crippen molar-refractivity contribution in [3.8, 4) is 0 Å². The molecule has 3 heteroatoms. The van der Waals surface area contributed by atoms with Gasteiger partial charge in [0.15, 0.2) is 0 Å². The lowest BCUT2D eigenvalue weighted by Crippen LogP contribution is -2.40. The molecule has 100 valence electrons. The maximum absolute atomic E-state index is 6.02. The molecule has 0 spiro atoms. The van der Waals surface area contributed by atoms with Gasteiger partial charge in [0.25, 0.3) is 0 Å². The molecule has 1 fully saturated rings. The Hall–Kier alpha value is -0.930. The van der Waals surface area contributed by atoms with Gasteiger partial charge in [-0.2, -0.15) is 0 Å². The maximum Gasteiger partial charge on any atom is 0.0543 e. The predicted octanol–water partition coefficient (Wildman–Crippen LogP) is 2.42. The van der Waals surface area contributed by atoms with Crippen LogP contribution in [-0.4, -0.2) is 29.5 Å². The van der Waals surface area contributed by atoms with Gasteiger partial charge in [0.05, 0.1) is 5.69 Å². The van der Waals surface area contributed by atoms with Crippen molar-refractivity contribution in [1.29, 1.82) is 0 Å². The Morgan fingerprint density at radius 2 is 2.11 bits per heavy atom. The second kappa shape index (κ2) is 6.30. The minimum absolute atomic E-state index is 0.366. The van der Waals surface area contributed by atoms with Gasteiger partial charge in [0, 0.05) is 19.3 Å². The molecule has 0 aromatic carbocycles. The van der Waals surface area contributed by atoms with Crippen LogP contribution in [0.4, 0.5) is 0 Å². The average Bonchev–Trinajstić information content (AvgIpc) is 2.88. The fourth-order valence-electron chi connectivity index (χ4n) is 3.03. The zero-order chi connectivity index (χ0) is 12.8. The third-order valence-electron chi connectivity index (χ3n) is 4.22. The van der Waals surface area contributed by atoms with Gasteiger partial charge >= 0.3 is 0 Å². The summed E-state index contributed by atoms with van der Waals surface area (Å²) in [6, 6.07) is 6.13. The Morgan fingerprint density at radius 3 is 2.67 bits per heavy atom. The van der Waals surface area contributed by atoms with E-state index in [-0.39, 0.29) is 0 Å². The van der Waals surface area contributed by atoms with Crippen LogP contribution in [0.15, 0.2) is 24.4 Å². The molecular weight excluding hydrogens is 222 g/mol. The van der Waals surface area contributed by atoms with Gasteiger partial charge in [-0.1, -0.05) is 25.8 Å². The molecule has 0 aliphatic heterocycles. The number of rotatable bonds is 6. The summed E-state index contributed by atoms with van der Waals surface area (Å²) in [5.74, 6) is 0. The summed E-state index contributed by atoms with van der Waals surface area (Å²) in [7, 11) is 0. The summed E-state index contributed by atoms with van der Waals surface area (Å²) < 4.78 is 0. The van der Waals surface area contributed by atoms with Crippen LogP contribution in [0.3, 0.4) is 0 Å². The molecule has 3 nitrogen and oxygen atoms in total. The second-order valence-corrected chi connectivity index (χ2v) is 5.54. The van der Waals surface area contributed by atoms with Gasteiger partial charge in [-0.25, -0.2) is 0 Å². The molecule has 1 aromatic heterocycles. The van der Waals surface area contributed by atoms with Crippen LogP contribution < -0.4 is 5.73 Å². The average molecular weight is 247 g/mol. The van der Waals surface area contributed by atoms with E-state index in [2.05, 4.69) is 28.9 Å². The van der Waals surface area contributed by atoms with Gasteiger partial charge in [-0.3, -0.25) is 9.88 Å². The summed E-state index contributed by atoms with van der Waals surface area (Å²) in [5.41, 5.74) is 7.55. The molecule has 1 aliphatic carbocycles. The molecule has 1 heterocycles. The van der Waals surface area contributed by atoms with E-state index in [1.54, 1.807) is 0 Å². The summed E-state index contributed by atoms with van der Waals surface area (Å²) in [5, 5.41) is 0. The number of nitrogens with zero attached hydrogens (tertiary/aromatic N) is 2. The lowest BCUT2D eigenvalue weighted by molar-refractivity contribution is 0.156. The van der Waals surface area contributed by atoms with Crippen molar-refractivity contribution in [1.82, 2.24) is 9.88 Å². The minimum atomic E-state index is 0.366. The van der Waals surface area contributed by atoms with Crippen molar-refractivity contribution < 1.29 is 0 Å². The highest BCUT2D eigenvalue weighted by Crippen LogP contribution is 2.37. The normalized spacial score (nSPS) is 18.4. The SMILES string of the molecule is CCN(Cc1ccccn1)CC1(CN)CCCC1. The molecule has 2 rings (SSSR count). The monoisotopic (exact) mass is 247 g/mol. The zero-order valence-electron chi connectivity index (χ0n) is 11.4. The van der Waals surface area contributed by atoms with Crippen LogP contribution in [0.5, 0.6) is 0 Å². The number of hydrogen-bond acceptors (Lipinski definition) is 3. The largest absolute Gasteiger partial charge is 0.330 e. The Balaban J connectivity index is 1.96. The molecule has 2 N–H and O–H groups in total. The van der Waals surface area contributed by atoms with Gasteiger partial charge in [-0.15, -0.1) is 0 Å². The smallest absolute Gasteiger partial charge is 0.0543 e. The molecule has 0 amide bonds. The number of hydrogen-bond donors (Lipinski definition) is 1. The van der Waals surface area contributed by atoms with Crippen LogP contribution in [0, 0.1) is 5.41 Å². The number of pyridine rings is 1. The first-order valence-electron chi connectivity index (χ1n) is 7.10. The molecule has 1 aliphatic rings. The molecular formula is C15H25N3. The van der Waals surface area contributed by atoms with Crippen molar-refractivity contribution in [3.63, 3.8) is 0 Å². The van der Waals surface area contributed by atoms with Crippen LogP contribution in [0.1, 0.15) is 38.3 Å². The predicted molar refractivity (Wildman–Crippen MR) is 75.1 cm³/mol. The van der Waals surface area contributed by atoms with Crippen LogP contribution >= 0.6 is 0 Å². The fraction of sp³-hybridized carbons (Fsp3) is 0.667. The van der Waals surface area contributed by atoms with Crippen LogP contribution in [0.25, 0.3) is 0 Å². The first-order chi connectivity index (χ1) is 8.78. The van der Waals surface area contributed by atoms with E-state index in [1.165, 1.54) is 25.7 Å². The topological polar surface area (TPSA) is 42.2 Å². The van der Waals surface area contributed by atoms with Crippen molar-refractivity contribution >= 4 is 0 Å². The summed E-state index contributed by atoms with van der Waals surface area (Å²) in [4.78, 5) is 6.90. The fourth-order valence-corrected chi connectivity index (χ4v) is 3.03. The quantitative estimate of drug-likeness (QED) is 0.839. The summed E-state index contributed by atoms with van der Waals surface area (Å²) in [6.45, 7) is 6.18. The molecule has 0 unspecified atom stereocenters. The highest BCUT2D eigenvalue weighted by molar-refractivity contribution is 5.03. The van der Waals surface area contributed by atoms with E-state index >= 15 is 0 Å². The Labute approximate surface area is 110 Å². The highest BCUT2D eigenvalue weighted by Gasteiger charge is 2.33. The lowest BCUT2D eigenvalue weighted by atomic mass is 9.85. The first-order valence-corrected chi connectivity index (χ1v) is 7.10. The van der Waals surface area contributed by atoms with Crippen molar-refractivity contribution in [3.05, 3.63) is 30.1 Å². The zero-order valence-corrected chi connectivity index (χ0v) is 11.4. The van der Waals surface area contributed by atoms with E-state index in [1.807, 2.05) is 12.3 Å². The number of nitrogens with two attached hydrogens (primary N) is 1. The van der Waals surface area contributed by atoms with Crippen molar-refractivity contribution in [2.75, 3.05) is 19.6 Å². The van der Waals surface area contributed by atoms with Crippen molar-refractivity contribution in [2.45, 2.75) is 39.2 Å². The standard InChI is InChI=1S/C15H25N3/c1-2-18(11-14-7-3-6-10-17-14)13-15(12-16)8-4-5-9-15/h3,6-7,10H,2,4-5,8-9,11-13,16H2,1H3. The third-order valence-corrected chi connectivity index (χ3v) is 4.22. The molecule has 0 atom stereocenters. The van der Waals surface area contributed by atoms with E-state index in [9.17, 15) is 0 Å². The Bertz CT molecular complexity index is 344. The van der Waals surface area contributed by atoms with Gasteiger partial charge in [0.1, 0.15) is 0 Å². The first kappa shape index (κ1) is 13.5. The minimum Gasteiger partial charge on any atom is -0.330 e. The van der Waals surface area contributed by atoms with Gasteiger partial charge in [0.2, 0.25) is 0 Å². The molecule has 0 saturated heterocycles. The van der Waals surface area contributed by atoms with E-state index in [0.29, 0.717) is 5.41 Å². The van der Waals surface area contributed by atoms with E-state index in [0.717, 1.165) is 31.9 Å². The molecule has 1 aromatic rings. The molecule has 18 heavy (non-hydrogen) atoms. The summed E-state index contributed by atoms with van der Waals surface area (Å²) >= 11 is 0. The van der Waals surface area contributed by atoms with Gasteiger partial charge in [-0.05, 0) is 43.5 Å². The van der Waals surface area contributed by atoms with Gasteiger partial charge < -0.3 is 5.73 Å². The van der Waals surface area contributed by atoms with E-state index in [4.69, 9.17) is 5.73 Å². The molecule has 1 saturated carbocycles.